The molecule has 0 aromatic rings. The van der Waals surface area contributed by atoms with Crippen molar-refractivity contribution in [2.24, 2.45) is 34.5 Å². The molecule has 0 aromatic carbocycles. The molecule has 3 saturated carbocycles. The molecule has 5 rings (SSSR count). The van der Waals surface area contributed by atoms with E-state index in [2.05, 4.69) is 20.3 Å². The Kier molecular flexibility index (Phi) is 6.46. The average molecular weight is 553 g/mol. The van der Waals surface area contributed by atoms with Crippen molar-refractivity contribution in [1.29, 1.82) is 0 Å². The Bertz CT molecular complexity index is 872. The second kappa shape index (κ2) is 8.37. The summed E-state index contributed by atoms with van der Waals surface area (Å²) in [6.45, 7) is 6.22. The van der Waals surface area contributed by atoms with Crippen LogP contribution in [0.3, 0.4) is 0 Å². The summed E-state index contributed by atoms with van der Waals surface area (Å²) in [4.78, 5) is 36.7. The van der Waals surface area contributed by atoms with Crippen molar-refractivity contribution in [3.8, 4) is 0 Å². The molecule has 7 heteroatoms. The fraction of sp³-hybridized carbons (Fsp3) is 0.760. The maximum absolute atomic E-state index is 12.3. The third kappa shape index (κ3) is 3.30. The van der Waals surface area contributed by atoms with Gasteiger partial charge in [0.05, 0.1) is 6.61 Å². The van der Waals surface area contributed by atoms with Crippen LogP contribution in [0, 0.1) is 40.9 Å². The van der Waals surface area contributed by atoms with Crippen molar-refractivity contribution in [3.63, 3.8) is 0 Å². The average Bonchev–Trinajstić information content (AvgIpc) is 3.18. The van der Waals surface area contributed by atoms with Crippen LogP contribution in [0.5, 0.6) is 0 Å². The molecule has 5 aliphatic rings. The van der Waals surface area contributed by atoms with E-state index in [9.17, 15) is 19.5 Å². The number of esters is 1. The normalized spacial score (nSPS) is 47.1. The molecule has 1 aliphatic heterocycles. The summed E-state index contributed by atoms with van der Waals surface area (Å²) in [5, 5.41) is 10.9. The number of hydrogen-bond donors (Lipinski definition) is 1. The van der Waals surface area contributed by atoms with Crippen LogP contribution in [0.25, 0.3) is 0 Å². The van der Waals surface area contributed by atoms with Gasteiger partial charge in [0, 0.05) is 30.4 Å². The predicted molar refractivity (Wildman–Crippen MR) is 118 cm³/mol. The van der Waals surface area contributed by atoms with Crippen LogP contribution in [-0.2, 0) is 41.5 Å². The summed E-state index contributed by atoms with van der Waals surface area (Å²) in [5.74, 6) is 1.08. The molecule has 5 nitrogen and oxygen atoms in total. The molecule has 32 heavy (non-hydrogen) atoms. The van der Waals surface area contributed by atoms with Crippen molar-refractivity contribution in [2.45, 2.75) is 76.6 Å². The van der Waals surface area contributed by atoms with E-state index in [1.807, 2.05) is 0 Å². The minimum Gasteiger partial charge on any atom is -0.491 e. The SMILES string of the molecule is CC(=O)S[C@@H]1CC2=CC(=O)CC[C@]2(CO)C2CC[C@@]3(C)C(C(C)[CH-][C@@]34CCC(=O)O4)C21.[Ag+]. The number of carbonyl (C=O) groups excluding carboxylic acids is 3. The number of hydrogen-bond acceptors (Lipinski definition) is 6. The number of ether oxygens (including phenoxy) is 1. The van der Waals surface area contributed by atoms with Crippen LogP contribution in [0.4, 0.5) is 0 Å². The van der Waals surface area contributed by atoms with Crippen molar-refractivity contribution < 1.29 is 46.6 Å². The first-order chi connectivity index (χ1) is 14.7. The Morgan fingerprint density at radius 2 is 2.03 bits per heavy atom. The second-order valence-electron chi connectivity index (χ2n) is 10.9. The molecule has 8 atom stereocenters. The number of aliphatic hydroxyl groups excluding tert-OH is 1. The monoisotopic (exact) mass is 552 g/mol. The van der Waals surface area contributed by atoms with E-state index in [4.69, 9.17) is 4.74 Å². The number of rotatable bonds is 2. The van der Waals surface area contributed by atoms with Crippen LogP contribution in [0.1, 0.15) is 65.7 Å². The Balaban J connectivity index is 0.00000245. The number of aliphatic hydroxyl groups is 1. The smallest absolute Gasteiger partial charge is 0.491 e. The fourth-order valence-corrected chi connectivity index (χ4v) is 9.67. The minimum atomic E-state index is -0.504. The van der Waals surface area contributed by atoms with E-state index in [0.717, 1.165) is 24.8 Å². The Hall–Kier alpha value is -0.400. The molecule has 180 valence electrons. The summed E-state index contributed by atoms with van der Waals surface area (Å²) in [6.07, 6.45) is 9.04. The second-order valence-corrected chi connectivity index (χ2v) is 12.3. The summed E-state index contributed by atoms with van der Waals surface area (Å²) >= 11 is 1.41. The van der Waals surface area contributed by atoms with Crippen molar-refractivity contribution in [2.75, 3.05) is 6.61 Å². The molecule has 0 bridgehead atoms. The van der Waals surface area contributed by atoms with Crippen molar-refractivity contribution >= 4 is 28.6 Å². The molecule has 1 saturated heterocycles. The van der Waals surface area contributed by atoms with Gasteiger partial charge < -0.3 is 9.84 Å². The molecule has 0 amide bonds. The van der Waals surface area contributed by atoms with Gasteiger partial charge in [0.1, 0.15) is 0 Å². The summed E-state index contributed by atoms with van der Waals surface area (Å²) in [5.41, 5.74) is 0.0505. The zero-order valence-electron chi connectivity index (χ0n) is 19.0. The number of ketones is 1. The van der Waals surface area contributed by atoms with Crippen molar-refractivity contribution in [1.82, 2.24) is 0 Å². The molecule has 4 aliphatic carbocycles. The van der Waals surface area contributed by atoms with Gasteiger partial charge in [-0.25, -0.2) is 0 Å². The first kappa shape index (κ1) is 24.7. The summed E-state index contributed by atoms with van der Waals surface area (Å²) in [6, 6.07) is 0. The van der Waals surface area contributed by atoms with E-state index in [1.165, 1.54) is 11.8 Å². The predicted octanol–water partition coefficient (Wildman–Crippen LogP) is 3.88. The van der Waals surface area contributed by atoms with Crippen LogP contribution < -0.4 is 0 Å². The van der Waals surface area contributed by atoms with Gasteiger partial charge in [-0.05, 0) is 61.0 Å². The molecule has 1 heterocycles. The molecule has 1 spiro atoms. The van der Waals surface area contributed by atoms with Crippen LogP contribution in [0.2, 0.25) is 0 Å². The maximum Gasteiger partial charge on any atom is 1.00 e. The third-order valence-electron chi connectivity index (χ3n) is 9.60. The molecule has 4 fully saturated rings. The van der Waals surface area contributed by atoms with Gasteiger partial charge in [-0.1, -0.05) is 37.1 Å². The van der Waals surface area contributed by atoms with E-state index < -0.39 is 5.60 Å². The number of fused-ring (bicyclic) bond motifs is 6. The summed E-state index contributed by atoms with van der Waals surface area (Å²) in [7, 11) is 0. The molecule has 1 N–H and O–H groups in total. The molecule has 4 unspecified atom stereocenters. The largest absolute Gasteiger partial charge is 1.00 e. The van der Waals surface area contributed by atoms with Crippen LogP contribution in [0.15, 0.2) is 11.6 Å². The quantitative estimate of drug-likeness (QED) is 0.318. The topological polar surface area (TPSA) is 80.7 Å². The van der Waals surface area contributed by atoms with Gasteiger partial charge in [0.2, 0.25) is 0 Å². The van der Waals surface area contributed by atoms with Gasteiger partial charge in [-0.15, -0.1) is 0 Å². The minimum absolute atomic E-state index is 0. The van der Waals surface area contributed by atoms with Crippen molar-refractivity contribution in [3.05, 3.63) is 18.1 Å². The molecule has 0 aromatic heterocycles. The fourth-order valence-electron chi connectivity index (χ4n) is 8.47. The first-order valence-electron chi connectivity index (χ1n) is 11.8. The Morgan fingerprint density at radius 3 is 2.66 bits per heavy atom. The number of thioether (sulfide) groups is 1. The summed E-state index contributed by atoms with van der Waals surface area (Å²) < 4.78 is 6.05. The van der Waals surface area contributed by atoms with Gasteiger partial charge in [-0.2, -0.15) is 5.92 Å². The van der Waals surface area contributed by atoms with E-state index in [-0.39, 0.29) is 85.6 Å². The Labute approximate surface area is 210 Å². The van der Waals surface area contributed by atoms with Gasteiger partial charge in [0.25, 0.3) is 0 Å². The van der Waals surface area contributed by atoms with Gasteiger partial charge >= 0.3 is 28.3 Å². The number of carbonyl (C=O) groups is 3. The molecular formula is C25H33AgO5S. The molecule has 0 radical (unpaired) electrons. The van der Waals surface area contributed by atoms with E-state index >= 15 is 0 Å². The van der Waals surface area contributed by atoms with Crippen LogP contribution >= 0.6 is 11.8 Å². The van der Waals surface area contributed by atoms with Crippen LogP contribution in [-0.4, -0.2) is 39.4 Å². The van der Waals surface area contributed by atoms with E-state index in [0.29, 0.717) is 25.7 Å². The van der Waals surface area contributed by atoms with Gasteiger partial charge in [0.15, 0.2) is 10.9 Å². The first-order valence-corrected chi connectivity index (χ1v) is 12.6. The van der Waals surface area contributed by atoms with Gasteiger partial charge in [-0.3, -0.25) is 20.8 Å². The standard InChI is InChI=1S/C25H33O5S.Ag/c1-14-12-25(9-6-20(29)30-25)23(3)7-5-18-21(22(14)23)19(31-15(2)27)11-16-10-17(28)4-8-24(16,18)13-26;/h10,12,14,18-19,21-22,26H,4-9,11,13H2,1-3H3;/q-1;+1/t14?,18?,19-,21?,22?,23+,24-,25+;/m1./s1. The Morgan fingerprint density at radius 1 is 1.28 bits per heavy atom. The molecular weight excluding hydrogens is 520 g/mol. The zero-order chi connectivity index (χ0) is 22.2. The zero-order valence-corrected chi connectivity index (χ0v) is 21.3. The maximum atomic E-state index is 12.3. The third-order valence-corrected chi connectivity index (χ3v) is 10.7. The van der Waals surface area contributed by atoms with E-state index in [1.54, 1.807) is 13.0 Å².